The van der Waals surface area contributed by atoms with Gasteiger partial charge in [0.05, 0.1) is 0 Å². The van der Waals surface area contributed by atoms with E-state index in [2.05, 4.69) is 25.1 Å². The molecule has 0 saturated heterocycles. The van der Waals surface area contributed by atoms with E-state index in [4.69, 9.17) is 5.73 Å². The third kappa shape index (κ3) is 1.26. The Morgan fingerprint density at radius 2 is 1.69 bits per heavy atom. The van der Waals surface area contributed by atoms with E-state index in [-0.39, 0.29) is 0 Å². The molecule has 2 N–H and O–H groups in total. The number of anilines is 1. The van der Waals surface area contributed by atoms with Gasteiger partial charge in [0.2, 0.25) is 5.65 Å². The van der Waals surface area contributed by atoms with E-state index in [0.717, 1.165) is 0 Å². The number of hydrogen-bond donors (Lipinski definition) is 1. The van der Waals surface area contributed by atoms with Crippen molar-refractivity contribution in [3.8, 4) is 0 Å². The molecule has 2 aromatic heterocycles. The molecule has 0 aliphatic heterocycles. The summed E-state index contributed by atoms with van der Waals surface area (Å²) in [5.74, 6) is 1.48. The van der Waals surface area contributed by atoms with Gasteiger partial charge in [-0.2, -0.15) is 0 Å². The Labute approximate surface area is 74.2 Å². The quantitative estimate of drug-likeness (QED) is 0.608. The van der Waals surface area contributed by atoms with E-state index in [0.29, 0.717) is 28.6 Å². The smallest absolute Gasteiger partial charge is 0.206 e. The van der Waals surface area contributed by atoms with Crippen LogP contribution in [0, 0.1) is 13.8 Å². The maximum absolute atomic E-state index is 5.64. The fraction of sp³-hybridized carbons (Fsp3) is 0.286. The van der Waals surface area contributed by atoms with Gasteiger partial charge in [0.25, 0.3) is 0 Å². The molecule has 0 radical (unpaired) electrons. The predicted molar refractivity (Wildman–Crippen MR) is 46.8 cm³/mol. The average molecular weight is 176 g/mol. The van der Waals surface area contributed by atoms with E-state index in [1.54, 1.807) is 13.8 Å². The molecule has 6 nitrogen and oxygen atoms in total. The lowest BCUT2D eigenvalue weighted by molar-refractivity contribution is 0.923. The largest absolute Gasteiger partial charge is 0.382 e. The third-order valence-electron chi connectivity index (χ3n) is 1.57. The molecule has 0 bridgehead atoms. The monoisotopic (exact) mass is 176 g/mol. The molecule has 0 aromatic carbocycles. The number of aromatic nitrogens is 5. The Morgan fingerprint density at radius 1 is 0.923 bits per heavy atom. The second-order valence-corrected chi connectivity index (χ2v) is 2.69. The summed E-state index contributed by atoms with van der Waals surface area (Å²) in [6.07, 6.45) is 0. The van der Waals surface area contributed by atoms with Crippen molar-refractivity contribution in [2.75, 3.05) is 5.73 Å². The molecular formula is C7H8N6. The molecule has 2 rings (SSSR count). The summed E-state index contributed by atoms with van der Waals surface area (Å²) >= 11 is 0. The second-order valence-electron chi connectivity index (χ2n) is 2.69. The highest BCUT2D eigenvalue weighted by Crippen LogP contribution is 2.11. The van der Waals surface area contributed by atoms with Crippen molar-refractivity contribution < 1.29 is 0 Å². The summed E-state index contributed by atoms with van der Waals surface area (Å²) < 4.78 is 0. The number of rotatable bonds is 0. The van der Waals surface area contributed by atoms with Crippen LogP contribution in [0.2, 0.25) is 0 Å². The molecule has 6 heteroatoms. The van der Waals surface area contributed by atoms with Gasteiger partial charge in [-0.3, -0.25) is 0 Å². The van der Waals surface area contributed by atoms with Crippen LogP contribution in [-0.4, -0.2) is 25.1 Å². The van der Waals surface area contributed by atoms with Gasteiger partial charge in [0, 0.05) is 0 Å². The molecule has 2 heterocycles. The Balaban J connectivity index is 2.87. The number of nitrogen functional groups attached to an aromatic ring is 1. The molecule has 0 atom stereocenters. The molecule has 66 valence electrons. The van der Waals surface area contributed by atoms with Gasteiger partial charge in [0.1, 0.15) is 11.6 Å². The maximum atomic E-state index is 5.64. The van der Waals surface area contributed by atoms with Crippen LogP contribution in [0.3, 0.4) is 0 Å². The van der Waals surface area contributed by atoms with Crippen molar-refractivity contribution in [3.63, 3.8) is 0 Å². The minimum absolute atomic E-state index is 0.348. The van der Waals surface area contributed by atoms with E-state index in [1.807, 2.05) is 0 Å². The number of fused-ring (bicyclic) bond motifs is 1. The zero-order valence-electron chi connectivity index (χ0n) is 7.31. The van der Waals surface area contributed by atoms with Crippen molar-refractivity contribution in [1.82, 2.24) is 25.1 Å². The molecule has 13 heavy (non-hydrogen) atoms. The number of hydrogen-bond acceptors (Lipinski definition) is 6. The predicted octanol–water partition coefficient (Wildman–Crippen LogP) is 0.0138. The Bertz CT molecular complexity index is 466. The molecule has 0 unspecified atom stereocenters. The zero-order valence-corrected chi connectivity index (χ0v) is 7.31. The van der Waals surface area contributed by atoms with Crippen molar-refractivity contribution in [3.05, 3.63) is 11.6 Å². The summed E-state index contributed by atoms with van der Waals surface area (Å²) in [6.45, 7) is 3.49. The van der Waals surface area contributed by atoms with Crippen molar-refractivity contribution in [2.45, 2.75) is 13.8 Å². The number of nitrogens with zero attached hydrogens (tertiary/aromatic N) is 5. The number of aryl methyl sites for hydroxylation is 2. The van der Waals surface area contributed by atoms with Gasteiger partial charge in [-0.25, -0.2) is 15.0 Å². The van der Waals surface area contributed by atoms with Gasteiger partial charge in [-0.05, 0) is 13.8 Å². The number of nitrogens with two attached hydrogens (primary N) is 1. The fourth-order valence-electron chi connectivity index (χ4n) is 1.05. The van der Waals surface area contributed by atoms with Crippen molar-refractivity contribution in [2.24, 2.45) is 0 Å². The maximum Gasteiger partial charge on any atom is 0.206 e. The SMILES string of the molecule is Cc1nc(N)c2nc(C)nnc2n1. The van der Waals surface area contributed by atoms with Gasteiger partial charge in [0.15, 0.2) is 11.3 Å². The van der Waals surface area contributed by atoms with E-state index < -0.39 is 0 Å². The highest BCUT2D eigenvalue weighted by molar-refractivity contribution is 5.79. The first-order valence-corrected chi connectivity index (χ1v) is 3.78. The summed E-state index contributed by atoms with van der Waals surface area (Å²) in [7, 11) is 0. The molecule has 0 fully saturated rings. The standard InChI is InChI=1S/C7H8N6/c1-3-10-6(8)5-7(11-3)13-12-4(2)9-5/h1-2H3,(H2,8,10,11,13). The van der Waals surface area contributed by atoms with Crippen LogP contribution in [0.1, 0.15) is 11.6 Å². The highest BCUT2D eigenvalue weighted by Gasteiger charge is 2.05. The van der Waals surface area contributed by atoms with Crippen LogP contribution in [0.5, 0.6) is 0 Å². The van der Waals surface area contributed by atoms with Gasteiger partial charge in [-0.1, -0.05) is 0 Å². The Kier molecular flexibility index (Phi) is 1.54. The van der Waals surface area contributed by atoms with Crippen molar-refractivity contribution >= 4 is 17.0 Å². The molecule has 0 aliphatic carbocycles. The first-order chi connectivity index (χ1) is 6.16. The second kappa shape index (κ2) is 2.58. The lowest BCUT2D eigenvalue weighted by Crippen LogP contribution is -2.03. The summed E-state index contributed by atoms with van der Waals surface area (Å²) in [5.41, 5.74) is 6.60. The topological polar surface area (TPSA) is 90.5 Å². The fourth-order valence-corrected chi connectivity index (χ4v) is 1.05. The lowest BCUT2D eigenvalue weighted by atomic mass is 10.4. The first kappa shape index (κ1) is 7.78. The normalized spacial score (nSPS) is 10.6. The zero-order chi connectivity index (χ0) is 9.42. The molecular weight excluding hydrogens is 168 g/mol. The Hall–Kier alpha value is -1.85. The van der Waals surface area contributed by atoms with Crippen LogP contribution < -0.4 is 5.73 Å². The molecule has 0 saturated carbocycles. The third-order valence-corrected chi connectivity index (χ3v) is 1.57. The average Bonchev–Trinajstić information content (AvgIpc) is 2.06. The van der Waals surface area contributed by atoms with Gasteiger partial charge >= 0.3 is 0 Å². The van der Waals surface area contributed by atoms with Crippen LogP contribution in [0.15, 0.2) is 0 Å². The minimum Gasteiger partial charge on any atom is -0.382 e. The molecule has 0 spiro atoms. The van der Waals surface area contributed by atoms with Crippen LogP contribution in [0.25, 0.3) is 11.2 Å². The van der Waals surface area contributed by atoms with Crippen LogP contribution in [-0.2, 0) is 0 Å². The molecule has 2 aromatic rings. The van der Waals surface area contributed by atoms with E-state index in [1.165, 1.54) is 0 Å². The summed E-state index contributed by atoms with van der Waals surface area (Å²) in [5, 5.41) is 7.64. The highest BCUT2D eigenvalue weighted by atomic mass is 15.2. The van der Waals surface area contributed by atoms with Crippen LogP contribution >= 0.6 is 0 Å². The summed E-state index contributed by atoms with van der Waals surface area (Å²) in [6, 6.07) is 0. The van der Waals surface area contributed by atoms with E-state index >= 15 is 0 Å². The Morgan fingerprint density at radius 3 is 2.46 bits per heavy atom. The molecule has 0 aliphatic rings. The minimum atomic E-state index is 0.348. The van der Waals surface area contributed by atoms with Gasteiger partial charge < -0.3 is 5.73 Å². The summed E-state index contributed by atoms with van der Waals surface area (Å²) in [4.78, 5) is 12.1. The van der Waals surface area contributed by atoms with Crippen molar-refractivity contribution in [1.29, 1.82) is 0 Å². The molecule has 0 amide bonds. The van der Waals surface area contributed by atoms with Crippen LogP contribution in [0.4, 0.5) is 5.82 Å². The first-order valence-electron chi connectivity index (χ1n) is 3.78. The van der Waals surface area contributed by atoms with Gasteiger partial charge in [-0.15, -0.1) is 10.2 Å². The van der Waals surface area contributed by atoms with E-state index in [9.17, 15) is 0 Å². The lowest BCUT2D eigenvalue weighted by Gasteiger charge is -1.99.